The van der Waals surface area contributed by atoms with Gasteiger partial charge in [0.2, 0.25) is 5.91 Å². The zero-order valence-electron chi connectivity index (χ0n) is 15.7. The van der Waals surface area contributed by atoms with Crippen molar-refractivity contribution in [3.05, 3.63) is 44.7 Å². The van der Waals surface area contributed by atoms with Gasteiger partial charge < -0.3 is 10.2 Å². The fourth-order valence-corrected chi connectivity index (χ4v) is 5.32. The van der Waals surface area contributed by atoms with Gasteiger partial charge >= 0.3 is 0 Å². The Morgan fingerprint density at radius 1 is 1.18 bits per heavy atom. The van der Waals surface area contributed by atoms with Crippen LogP contribution in [0.4, 0.5) is 5.82 Å². The molecule has 5 nitrogen and oxygen atoms in total. The molecule has 7 heteroatoms. The second-order valence-electron chi connectivity index (χ2n) is 7.56. The summed E-state index contributed by atoms with van der Waals surface area (Å²) in [5.41, 5.74) is 1.35. The normalized spacial score (nSPS) is 19.6. The van der Waals surface area contributed by atoms with Crippen LogP contribution in [0.25, 0.3) is 0 Å². The summed E-state index contributed by atoms with van der Waals surface area (Å²) in [5, 5.41) is 3.37. The van der Waals surface area contributed by atoms with Gasteiger partial charge in [-0.05, 0) is 62.3 Å². The average molecular weight is 418 g/mol. The number of anilines is 1. The fraction of sp³-hybridized carbons (Fsp3) is 0.476. The van der Waals surface area contributed by atoms with E-state index in [1.807, 2.05) is 4.90 Å². The minimum atomic E-state index is -0.215. The number of carbonyl (C=O) groups excluding carboxylic acids is 2. The standard InChI is InChI=1S/C21H24ClN3O2S/c22-16-8-9-19(23-12-16)24-20(26)15-6-4-10-25(13-15)21(27)18-11-14-5-2-1-3-7-17(14)28-18/h8-9,11-12,15H,1-7,10,13H2,(H,23,24,26). The van der Waals surface area contributed by atoms with Gasteiger partial charge in [0.15, 0.2) is 0 Å². The first kappa shape index (κ1) is 19.4. The van der Waals surface area contributed by atoms with E-state index in [4.69, 9.17) is 11.6 Å². The first-order valence-electron chi connectivity index (χ1n) is 9.93. The smallest absolute Gasteiger partial charge is 0.263 e. The molecule has 1 saturated heterocycles. The molecule has 2 amide bonds. The molecule has 0 bridgehead atoms. The molecule has 1 fully saturated rings. The molecule has 1 atom stereocenters. The molecular formula is C21H24ClN3O2S. The Bertz CT molecular complexity index is 842. The number of amides is 2. The number of nitrogens with zero attached hydrogens (tertiary/aromatic N) is 2. The minimum absolute atomic E-state index is 0.0696. The lowest BCUT2D eigenvalue weighted by Crippen LogP contribution is -2.43. The van der Waals surface area contributed by atoms with Crippen LogP contribution in [0.3, 0.4) is 0 Å². The molecule has 0 spiro atoms. The van der Waals surface area contributed by atoms with E-state index in [9.17, 15) is 9.59 Å². The van der Waals surface area contributed by atoms with Gasteiger partial charge in [0.05, 0.1) is 15.8 Å². The third-order valence-electron chi connectivity index (χ3n) is 5.52. The van der Waals surface area contributed by atoms with Crippen molar-refractivity contribution >= 4 is 40.6 Å². The van der Waals surface area contributed by atoms with Crippen molar-refractivity contribution in [2.24, 2.45) is 5.92 Å². The number of piperidine rings is 1. The molecule has 2 aromatic heterocycles. The monoisotopic (exact) mass is 417 g/mol. The summed E-state index contributed by atoms with van der Waals surface area (Å²) >= 11 is 7.49. The Balaban J connectivity index is 1.41. The predicted octanol–water partition coefficient (Wildman–Crippen LogP) is 4.56. The highest BCUT2D eigenvalue weighted by atomic mass is 35.5. The topological polar surface area (TPSA) is 62.3 Å². The van der Waals surface area contributed by atoms with Gasteiger partial charge in [-0.2, -0.15) is 0 Å². The van der Waals surface area contributed by atoms with Crippen molar-refractivity contribution in [1.29, 1.82) is 0 Å². The van der Waals surface area contributed by atoms with Crippen molar-refractivity contribution in [1.82, 2.24) is 9.88 Å². The van der Waals surface area contributed by atoms with Crippen molar-refractivity contribution in [2.45, 2.75) is 44.9 Å². The van der Waals surface area contributed by atoms with Gasteiger partial charge in [-0.25, -0.2) is 4.98 Å². The first-order valence-corrected chi connectivity index (χ1v) is 11.1. The molecule has 3 heterocycles. The molecule has 0 saturated carbocycles. The van der Waals surface area contributed by atoms with E-state index in [0.717, 1.165) is 30.6 Å². The number of likely N-dealkylation sites (tertiary alicyclic amines) is 1. The summed E-state index contributed by atoms with van der Waals surface area (Å²) in [5.74, 6) is 0.252. The number of halogens is 1. The Kier molecular flexibility index (Phi) is 5.97. The van der Waals surface area contributed by atoms with Crippen LogP contribution in [0.15, 0.2) is 24.4 Å². The van der Waals surface area contributed by atoms with E-state index >= 15 is 0 Å². The van der Waals surface area contributed by atoms with Crippen LogP contribution in [0.1, 0.15) is 52.2 Å². The quantitative estimate of drug-likeness (QED) is 0.745. The number of aryl methyl sites for hydroxylation is 2. The van der Waals surface area contributed by atoms with Crippen molar-refractivity contribution in [2.75, 3.05) is 18.4 Å². The largest absolute Gasteiger partial charge is 0.337 e. The van der Waals surface area contributed by atoms with Crippen LogP contribution in [-0.2, 0) is 17.6 Å². The number of pyridine rings is 1. The highest BCUT2D eigenvalue weighted by Gasteiger charge is 2.30. The molecule has 2 aromatic rings. The van der Waals surface area contributed by atoms with Crippen LogP contribution in [-0.4, -0.2) is 34.8 Å². The van der Waals surface area contributed by atoms with Crippen molar-refractivity contribution in [3.8, 4) is 0 Å². The van der Waals surface area contributed by atoms with Gasteiger partial charge in [-0.3, -0.25) is 9.59 Å². The second-order valence-corrected chi connectivity index (χ2v) is 9.13. The molecule has 148 valence electrons. The maximum atomic E-state index is 13.0. The van der Waals surface area contributed by atoms with E-state index in [-0.39, 0.29) is 17.7 Å². The second kappa shape index (κ2) is 8.62. The number of carbonyl (C=O) groups is 2. The van der Waals surface area contributed by atoms with Gasteiger partial charge in [-0.1, -0.05) is 18.0 Å². The third kappa shape index (κ3) is 4.39. The summed E-state index contributed by atoms with van der Waals surface area (Å²) in [6, 6.07) is 5.47. The lowest BCUT2D eigenvalue weighted by molar-refractivity contribution is -0.121. The molecular weight excluding hydrogens is 394 g/mol. The fourth-order valence-electron chi connectivity index (χ4n) is 3.98. The van der Waals surface area contributed by atoms with Crippen LogP contribution < -0.4 is 5.32 Å². The Morgan fingerprint density at radius 2 is 2.04 bits per heavy atom. The van der Waals surface area contributed by atoms with Crippen LogP contribution >= 0.6 is 22.9 Å². The Morgan fingerprint density at radius 3 is 2.86 bits per heavy atom. The number of fused-ring (bicyclic) bond motifs is 1. The lowest BCUT2D eigenvalue weighted by Gasteiger charge is -2.31. The summed E-state index contributed by atoms with van der Waals surface area (Å²) in [4.78, 5) is 33.8. The number of nitrogens with one attached hydrogen (secondary N) is 1. The molecule has 4 rings (SSSR count). The highest BCUT2D eigenvalue weighted by Crippen LogP contribution is 2.30. The van der Waals surface area contributed by atoms with E-state index in [0.29, 0.717) is 23.9 Å². The number of aromatic nitrogens is 1. The zero-order chi connectivity index (χ0) is 19.5. The van der Waals surface area contributed by atoms with E-state index in [2.05, 4.69) is 16.4 Å². The summed E-state index contributed by atoms with van der Waals surface area (Å²) in [6.45, 7) is 1.17. The molecule has 1 aliphatic carbocycles. The van der Waals surface area contributed by atoms with Gasteiger partial charge in [0, 0.05) is 24.2 Å². The molecule has 1 aliphatic heterocycles. The van der Waals surface area contributed by atoms with Crippen LogP contribution in [0.5, 0.6) is 0 Å². The molecule has 0 aromatic carbocycles. The van der Waals surface area contributed by atoms with E-state index < -0.39 is 0 Å². The number of thiophene rings is 1. The molecule has 1 N–H and O–H groups in total. The van der Waals surface area contributed by atoms with Crippen molar-refractivity contribution in [3.63, 3.8) is 0 Å². The van der Waals surface area contributed by atoms with Crippen molar-refractivity contribution < 1.29 is 9.59 Å². The van der Waals surface area contributed by atoms with Gasteiger partial charge in [0.1, 0.15) is 5.82 Å². The number of hydrogen-bond acceptors (Lipinski definition) is 4. The third-order valence-corrected chi connectivity index (χ3v) is 6.96. The average Bonchev–Trinajstić information content (AvgIpc) is 2.99. The van der Waals surface area contributed by atoms with Gasteiger partial charge in [0.25, 0.3) is 5.91 Å². The Hall–Kier alpha value is -1.92. The van der Waals surface area contributed by atoms with Crippen LogP contribution in [0, 0.1) is 5.92 Å². The summed E-state index contributed by atoms with van der Waals surface area (Å²) < 4.78 is 0. The van der Waals surface area contributed by atoms with Gasteiger partial charge in [-0.15, -0.1) is 11.3 Å². The highest BCUT2D eigenvalue weighted by molar-refractivity contribution is 7.14. The zero-order valence-corrected chi connectivity index (χ0v) is 17.3. The number of rotatable bonds is 3. The molecule has 0 radical (unpaired) electrons. The van der Waals surface area contributed by atoms with E-state index in [1.54, 1.807) is 23.5 Å². The van der Waals surface area contributed by atoms with E-state index in [1.165, 1.54) is 35.9 Å². The minimum Gasteiger partial charge on any atom is -0.337 e. The Labute approximate surface area is 174 Å². The van der Waals surface area contributed by atoms with Crippen LogP contribution in [0.2, 0.25) is 5.02 Å². The predicted molar refractivity (Wildman–Crippen MR) is 112 cm³/mol. The SMILES string of the molecule is O=C(Nc1ccc(Cl)cn1)C1CCCN(C(=O)c2cc3c(s2)CCCCC3)C1. The molecule has 1 unspecified atom stereocenters. The maximum absolute atomic E-state index is 13.0. The first-order chi connectivity index (χ1) is 13.6. The maximum Gasteiger partial charge on any atom is 0.263 e. The molecule has 2 aliphatic rings. The lowest BCUT2D eigenvalue weighted by atomic mass is 9.97. The summed E-state index contributed by atoms with van der Waals surface area (Å²) in [7, 11) is 0. The summed E-state index contributed by atoms with van der Waals surface area (Å²) in [6.07, 6.45) is 9.00. The molecule has 28 heavy (non-hydrogen) atoms. The number of hydrogen-bond donors (Lipinski definition) is 1.